The predicted molar refractivity (Wildman–Crippen MR) is 60.5 cm³/mol. The van der Waals surface area contributed by atoms with Crippen molar-refractivity contribution in [1.82, 2.24) is 14.9 Å². The fourth-order valence-electron chi connectivity index (χ4n) is 1.71. The summed E-state index contributed by atoms with van der Waals surface area (Å²) in [5.41, 5.74) is 0. The summed E-state index contributed by atoms with van der Waals surface area (Å²) < 4.78 is 2.03. The largest absolute Gasteiger partial charge is 0.396 e. The molecule has 0 fully saturated rings. The molecule has 0 aromatic carbocycles. The molecule has 2 N–H and O–H groups in total. The van der Waals surface area contributed by atoms with Gasteiger partial charge in [-0.15, -0.1) is 0 Å². The van der Waals surface area contributed by atoms with E-state index in [1.54, 1.807) is 0 Å². The number of rotatable bonds is 6. The van der Waals surface area contributed by atoms with Crippen molar-refractivity contribution in [2.24, 2.45) is 7.05 Å². The van der Waals surface area contributed by atoms with Crippen molar-refractivity contribution in [3.8, 4) is 0 Å². The van der Waals surface area contributed by atoms with Crippen molar-refractivity contribution < 1.29 is 5.11 Å². The highest BCUT2D eigenvalue weighted by Crippen LogP contribution is 2.14. The highest BCUT2D eigenvalue weighted by Gasteiger charge is 2.15. The van der Waals surface area contributed by atoms with E-state index in [-0.39, 0.29) is 12.6 Å². The molecule has 0 aliphatic rings. The Labute approximate surface area is 91.3 Å². The first-order valence-corrected chi connectivity index (χ1v) is 5.53. The van der Waals surface area contributed by atoms with Gasteiger partial charge in [0.1, 0.15) is 5.82 Å². The lowest BCUT2D eigenvalue weighted by Gasteiger charge is -2.21. The summed E-state index contributed by atoms with van der Waals surface area (Å²) in [6, 6.07) is 0.586. The highest BCUT2D eigenvalue weighted by molar-refractivity contribution is 4.98. The summed E-state index contributed by atoms with van der Waals surface area (Å²) in [6.45, 7) is 4.45. The second-order valence-corrected chi connectivity index (χ2v) is 3.94. The minimum atomic E-state index is 0.227. The minimum absolute atomic E-state index is 0.227. The molecule has 1 unspecified atom stereocenters. The molecule has 0 radical (unpaired) electrons. The van der Waals surface area contributed by atoms with E-state index in [0.29, 0.717) is 6.04 Å². The van der Waals surface area contributed by atoms with Crippen LogP contribution in [0.25, 0.3) is 0 Å². The Morgan fingerprint density at radius 1 is 1.60 bits per heavy atom. The van der Waals surface area contributed by atoms with Crippen LogP contribution in [0.15, 0.2) is 12.4 Å². The van der Waals surface area contributed by atoms with Crippen molar-refractivity contribution in [3.05, 3.63) is 18.2 Å². The summed E-state index contributed by atoms with van der Waals surface area (Å²) in [5.74, 6) is 1.06. The molecule has 1 aromatic heterocycles. The van der Waals surface area contributed by atoms with Crippen molar-refractivity contribution in [3.63, 3.8) is 0 Å². The molecule has 1 aromatic rings. The van der Waals surface area contributed by atoms with Crippen LogP contribution in [0.3, 0.4) is 0 Å². The van der Waals surface area contributed by atoms with Gasteiger partial charge in [-0.25, -0.2) is 4.98 Å². The molecule has 1 heterocycles. The number of hydrogen-bond acceptors (Lipinski definition) is 3. The SMILES string of the molecule is CCC(N[C@H](C)CCO)c1nccn1C. The second-order valence-electron chi connectivity index (χ2n) is 3.94. The van der Waals surface area contributed by atoms with Crippen molar-refractivity contribution in [2.45, 2.75) is 38.8 Å². The molecular formula is C11H21N3O. The van der Waals surface area contributed by atoms with Gasteiger partial charge in [0.25, 0.3) is 0 Å². The quantitative estimate of drug-likeness (QED) is 0.744. The van der Waals surface area contributed by atoms with E-state index in [4.69, 9.17) is 5.11 Å². The zero-order valence-electron chi connectivity index (χ0n) is 9.77. The topological polar surface area (TPSA) is 50.1 Å². The van der Waals surface area contributed by atoms with E-state index < -0.39 is 0 Å². The third-order valence-corrected chi connectivity index (χ3v) is 2.63. The van der Waals surface area contributed by atoms with Gasteiger partial charge in [-0.2, -0.15) is 0 Å². The van der Waals surface area contributed by atoms with E-state index in [9.17, 15) is 0 Å². The van der Waals surface area contributed by atoms with Crippen LogP contribution in [-0.4, -0.2) is 27.3 Å². The summed E-state index contributed by atoms with van der Waals surface area (Å²) >= 11 is 0. The van der Waals surface area contributed by atoms with E-state index in [1.165, 1.54) is 0 Å². The van der Waals surface area contributed by atoms with Crippen LogP contribution in [0.4, 0.5) is 0 Å². The van der Waals surface area contributed by atoms with Gasteiger partial charge in [-0.3, -0.25) is 0 Å². The fourth-order valence-corrected chi connectivity index (χ4v) is 1.71. The Kier molecular flexibility index (Phi) is 4.78. The van der Waals surface area contributed by atoms with Gasteiger partial charge in [0.05, 0.1) is 6.04 Å². The Morgan fingerprint density at radius 2 is 2.33 bits per heavy atom. The van der Waals surface area contributed by atoms with Crippen LogP contribution in [-0.2, 0) is 7.05 Å². The molecule has 0 amide bonds. The van der Waals surface area contributed by atoms with Crippen LogP contribution in [0.1, 0.15) is 38.6 Å². The molecule has 0 spiro atoms. The fraction of sp³-hybridized carbons (Fsp3) is 0.727. The van der Waals surface area contributed by atoms with E-state index in [1.807, 2.05) is 24.0 Å². The van der Waals surface area contributed by atoms with E-state index in [0.717, 1.165) is 18.7 Å². The average molecular weight is 211 g/mol. The Balaban J connectivity index is 2.60. The molecule has 0 aliphatic carbocycles. The first kappa shape index (κ1) is 12.2. The molecule has 4 heteroatoms. The number of nitrogens with zero attached hydrogens (tertiary/aromatic N) is 2. The van der Waals surface area contributed by atoms with Gasteiger partial charge in [0.15, 0.2) is 0 Å². The lowest BCUT2D eigenvalue weighted by molar-refractivity contribution is 0.260. The minimum Gasteiger partial charge on any atom is -0.396 e. The van der Waals surface area contributed by atoms with Crippen molar-refractivity contribution >= 4 is 0 Å². The van der Waals surface area contributed by atoms with Crippen LogP contribution in [0.2, 0.25) is 0 Å². The third-order valence-electron chi connectivity index (χ3n) is 2.63. The van der Waals surface area contributed by atoms with Gasteiger partial charge < -0.3 is 15.0 Å². The molecule has 1 rings (SSSR count). The van der Waals surface area contributed by atoms with E-state index in [2.05, 4.69) is 24.1 Å². The zero-order valence-corrected chi connectivity index (χ0v) is 9.77. The third kappa shape index (κ3) is 3.32. The van der Waals surface area contributed by atoms with Gasteiger partial charge >= 0.3 is 0 Å². The molecule has 0 aliphatic heterocycles. The first-order chi connectivity index (χ1) is 7.19. The highest BCUT2D eigenvalue weighted by atomic mass is 16.3. The Hall–Kier alpha value is -0.870. The molecule has 0 bridgehead atoms. The van der Waals surface area contributed by atoms with Crippen LogP contribution in [0.5, 0.6) is 0 Å². The number of aliphatic hydroxyl groups excluding tert-OH is 1. The molecule has 86 valence electrons. The standard InChI is InChI=1S/C11H21N3O/c1-4-10(13-9(2)5-8-15)11-12-6-7-14(11)3/h6-7,9-10,13,15H,4-5,8H2,1-3H3/t9-,10?/m1/s1. The number of imidazole rings is 1. The number of hydrogen-bond donors (Lipinski definition) is 2. The lowest BCUT2D eigenvalue weighted by atomic mass is 10.1. The van der Waals surface area contributed by atoms with Crippen molar-refractivity contribution in [1.29, 1.82) is 0 Å². The molecule has 4 nitrogen and oxygen atoms in total. The summed E-state index contributed by atoms with van der Waals surface area (Å²) in [5, 5.41) is 12.3. The number of aromatic nitrogens is 2. The van der Waals surface area contributed by atoms with Gasteiger partial charge in [0.2, 0.25) is 0 Å². The lowest BCUT2D eigenvalue weighted by Crippen LogP contribution is -2.32. The maximum Gasteiger partial charge on any atom is 0.125 e. The average Bonchev–Trinajstić information content (AvgIpc) is 2.61. The molecular weight excluding hydrogens is 190 g/mol. The summed E-state index contributed by atoms with van der Waals surface area (Å²) in [4.78, 5) is 4.34. The van der Waals surface area contributed by atoms with Crippen LogP contribution >= 0.6 is 0 Å². The molecule has 0 saturated carbocycles. The van der Waals surface area contributed by atoms with Crippen LogP contribution < -0.4 is 5.32 Å². The maximum atomic E-state index is 8.85. The Bertz CT molecular complexity index is 285. The number of nitrogens with one attached hydrogen (secondary N) is 1. The predicted octanol–water partition coefficient (Wildman–Crippen LogP) is 1.23. The second kappa shape index (κ2) is 5.88. The smallest absolute Gasteiger partial charge is 0.125 e. The van der Waals surface area contributed by atoms with Gasteiger partial charge in [-0.1, -0.05) is 6.92 Å². The van der Waals surface area contributed by atoms with E-state index >= 15 is 0 Å². The summed E-state index contributed by atoms with van der Waals surface area (Å²) in [6.07, 6.45) is 5.55. The monoisotopic (exact) mass is 211 g/mol. The van der Waals surface area contributed by atoms with Gasteiger partial charge in [0, 0.05) is 32.1 Å². The molecule has 0 saturated heterocycles. The normalized spacial score (nSPS) is 15.2. The van der Waals surface area contributed by atoms with Crippen molar-refractivity contribution in [2.75, 3.05) is 6.61 Å². The first-order valence-electron chi connectivity index (χ1n) is 5.53. The maximum absolute atomic E-state index is 8.85. The Morgan fingerprint density at radius 3 is 2.80 bits per heavy atom. The van der Waals surface area contributed by atoms with Crippen LogP contribution in [0, 0.1) is 0 Å². The molecule has 15 heavy (non-hydrogen) atoms. The molecule has 2 atom stereocenters. The number of aryl methyl sites for hydroxylation is 1. The summed E-state index contributed by atoms with van der Waals surface area (Å²) in [7, 11) is 2.00. The number of aliphatic hydroxyl groups is 1. The van der Waals surface area contributed by atoms with Gasteiger partial charge in [-0.05, 0) is 19.8 Å². The zero-order chi connectivity index (χ0) is 11.3.